The third-order valence-electron chi connectivity index (χ3n) is 2.45. The van der Waals surface area contributed by atoms with Crippen molar-refractivity contribution < 1.29 is 9.66 Å². The van der Waals surface area contributed by atoms with Crippen LogP contribution in [-0.4, -0.2) is 17.0 Å². The lowest BCUT2D eigenvalue weighted by Crippen LogP contribution is -1.98. The average molecular weight is 299 g/mol. The number of aromatic nitrogens is 1. The summed E-state index contributed by atoms with van der Waals surface area (Å²) in [5, 5.41) is 11.6. The molecule has 0 fully saturated rings. The maximum Gasteiger partial charge on any atom is 0.295 e. The number of nitro groups is 1. The first-order valence-electron chi connectivity index (χ1n) is 5.18. The predicted octanol–water partition coefficient (Wildman–Crippen LogP) is 3.97. The largest absolute Gasteiger partial charge is 0.481 e. The van der Waals surface area contributed by atoms with Crippen molar-refractivity contribution in [2.75, 3.05) is 7.11 Å². The minimum atomic E-state index is -0.540. The van der Waals surface area contributed by atoms with Crippen molar-refractivity contribution >= 4 is 28.9 Å². The Hall–Kier alpha value is -1.85. The second-order valence-corrected chi connectivity index (χ2v) is 4.39. The van der Waals surface area contributed by atoms with Crippen molar-refractivity contribution in [1.82, 2.24) is 4.98 Å². The van der Waals surface area contributed by atoms with Gasteiger partial charge in [-0.15, -0.1) is 0 Å². The standard InChI is InChI=1S/C12H8Cl2N2O3/c1-19-10-6-5-9(16(17)18)12(15-10)11-7(13)3-2-4-8(11)14/h2-6H,1H3. The van der Waals surface area contributed by atoms with Gasteiger partial charge in [0, 0.05) is 17.7 Å². The molecule has 0 aliphatic heterocycles. The highest BCUT2D eigenvalue weighted by Gasteiger charge is 2.22. The van der Waals surface area contributed by atoms with Crippen LogP contribution in [0, 0.1) is 10.1 Å². The molecule has 0 saturated heterocycles. The molecule has 0 aliphatic rings. The van der Waals surface area contributed by atoms with Crippen LogP contribution in [0.1, 0.15) is 0 Å². The lowest BCUT2D eigenvalue weighted by molar-refractivity contribution is -0.384. The first-order chi connectivity index (χ1) is 9.04. The molecule has 98 valence electrons. The van der Waals surface area contributed by atoms with Crippen molar-refractivity contribution in [3.05, 3.63) is 50.5 Å². The topological polar surface area (TPSA) is 65.3 Å². The summed E-state index contributed by atoms with van der Waals surface area (Å²) < 4.78 is 4.97. The van der Waals surface area contributed by atoms with E-state index < -0.39 is 4.92 Å². The zero-order chi connectivity index (χ0) is 14.0. The molecular weight excluding hydrogens is 291 g/mol. The molecule has 0 unspecified atom stereocenters. The van der Waals surface area contributed by atoms with Gasteiger partial charge >= 0.3 is 0 Å². The molecule has 0 radical (unpaired) electrons. The zero-order valence-electron chi connectivity index (χ0n) is 9.76. The van der Waals surface area contributed by atoms with Crippen LogP contribution in [-0.2, 0) is 0 Å². The van der Waals surface area contributed by atoms with Crippen molar-refractivity contribution in [3.8, 4) is 17.1 Å². The molecule has 0 atom stereocenters. The Bertz CT molecular complexity index is 627. The highest BCUT2D eigenvalue weighted by Crippen LogP contribution is 2.38. The van der Waals surface area contributed by atoms with Crippen molar-refractivity contribution in [3.63, 3.8) is 0 Å². The van der Waals surface area contributed by atoms with E-state index in [1.807, 2.05) is 0 Å². The molecule has 0 spiro atoms. The molecule has 0 N–H and O–H groups in total. The maximum absolute atomic E-state index is 11.1. The van der Waals surface area contributed by atoms with E-state index in [2.05, 4.69) is 4.98 Å². The van der Waals surface area contributed by atoms with E-state index in [4.69, 9.17) is 27.9 Å². The van der Waals surface area contributed by atoms with Gasteiger partial charge in [-0.1, -0.05) is 29.3 Å². The van der Waals surface area contributed by atoms with Gasteiger partial charge in [0.15, 0.2) is 5.69 Å². The summed E-state index contributed by atoms with van der Waals surface area (Å²) in [6, 6.07) is 7.55. The Morgan fingerprint density at radius 2 is 1.84 bits per heavy atom. The molecule has 7 heteroatoms. The van der Waals surface area contributed by atoms with E-state index in [0.29, 0.717) is 5.56 Å². The second-order valence-electron chi connectivity index (χ2n) is 3.58. The molecule has 0 bridgehead atoms. The summed E-state index contributed by atoms with van der Waals surface area (Å²) in [7, 11) is 1.42. The van der Waals surface area contributed by atoms with Crippen molar-refractivity contribution in [2.45, 2.75) is 0 Å². The third kappa shape index (κ3) is 2.62. The van der Waals surface area contributed by atoms with Gasteiger partial charge in [0.1, 0.15) is 0 Å². The van der Waals surface area contributed by atoms with Crippen molar-refractivity contribution in [2.24, 2.45) is 0 Å². The third-order valence-corrected chi connectivity index (χ3v) is 3.08. The lowest BCUT2D eigenvalue weighted by atomic mass is 10.1. The SMILES string of the molecule is COc1ccc([N+](=O)[O-])c(-c2c(Cl)cccc2Cl)n1. The van der Waals surface area contributed by atoms with Gasteiger partial charge in [-0.05, 0) is 12.1 Å². The van der Waals surface area contributed by atoms with E-state index in [-0.39, 0.29) is 27.3 Å². The molecule has 1 aromatic carbocycles. The molecule has 0 amide bonds. The van der Waals surface area contributed by atoms with Crippen LogP contribution in [0.3, 0.4) is 0 Å². The number of pyridine rings is 1. The number of methoxy groups -OCH3 is 1. The molecule has 2 aromatic rings. The monoisotopic (exact) mass is 298 g/mol. The van der Waals surface area contributed by atoms with Crippen LogP contribution >= 0.6 is 23.2 Å². The Morgan fingerprint density at radius 3 is 2.37 bits per heavy atom. The zero-order valence-corrected chi connectivity index (χ0v) is 11.3. The number of hydrogen-bond acceptors (Lipinski definition) is 4. The maximum atomic E-state index is 11.1. The average Bonchev–Trinajstić information content (AvgIpc) is 2.38. The fourth-order valence-corrected chi connectivity index (χ4v) is 2.18. The Morgan fingerprint density at radius 1 is 1.21 bits per heavy atom. The van der Waals surface area contributed by atoms with Crippen LogP contribution in [0.15, 0.2) is 30.3 Å². The number of hydrogen-bond donors (Lipinski definition) is 0. The Labute approximate surface area is 118 Å². The number of halogens is 2. The van der Waals surface area contributed by atoms with E-state index in [1.165, 1.54) is 19.2 Å². The number of nitrogens with zero attached hydrogens (tertiary/aromatic N) is 2. The normalized spacial score (nSPS) is 10.3. The predicted molar refractivity (Wildman–Crippen MR) is 72.9 cm³/mol. The van der Waals surface area contributed by atoms with Crippen LogP contribution in [0.4, 0.5) is 5.69 Å². The first kappa shape index (κ1) is 13.6. The summed E-state index contributed by atoms with van der Waals surface area (Å²) in [5.74, 6) is 0.247. The molecule has 1 aromatic heterocycles. The molecule has 1 heterocycles. The fourth-order valence-electron chi connectivity index (χ4n) is 1.60. The highest BCUT2D eigenvalue weighted by atomic mass is 35.5. The van der Waals surface area contributed by atoms with Gasteiger partial charge in [0.05, 0.1) is 22.1 Å². The highest BCUT2D eigenvalue weighted by molar-refractivity contribution is 6.39. The van der Waals surface area contributed by atoms with Crippen LogP contribution < -0.4 is 4.74 Å². The van der Waals surface area contributed by atoms with Gasteiger partial charge < -0.3 is 4.74 Å². The summed E-state index contributed by atoms with van der Waals surface area (Å²) in [6.45, 7) is 0. The lowest BCUT2D eigenvalue weighted by Gasteiger charge is -2.08. The Kier molecular flexibility index (Phi) is 3.87. The summed E-state index contributed by atoms with van der Waals surface area (Å²) in [6.07, 6.45) is 0. The molecule has 0 aliphatic carbocycles. The van der Waals surface area contributed by atoms with Crippen LogP contribution in [0.2, 0.25) is 10.0 Å². The number of rotatable bonds is 3. The molecular formula is C12H8Cl2N2O3. The summed E-state index contributed by atoms with van der Waals surface area (Å²) in [5.41, 5.74) is 0.215. The van der Waals surface area contributed by atoms with E-state index in [1.54, 1.807) is 18.2 Å². The van der Waals surface area contributed by atoms with Gasteiger partial charge in [-0.3, -0.25) is 10.1 Å². The fraction of sp³-hybridized carbons (Fsp3) is 0.0833. The van der Waals surface area contributed by atoms with E-state index >= 15 is 0 Å². The molecule has 2 rings (SSSR count). The quantitative estimate of drug-likeness (QED) is 0.635. The summed E-state index contributed by atoms with van der Waals surface area (Å²) >= 11 is 12.1. The first-order valence-corrected chi connectivity index (χ1v) is 5.94. The van der Waals surface area contributed by atoms with Crippen molar-refractivity contribution in [1.29, 1.82) is 0 Å². The van der Waals surface area contributed by atoms with Gasteiger partial charge in [0.2, 0.25) is 5.88 Å². The molecule has 5 nitrogen and oxygen atoms in total. The second kappa shape index (κ2) is 5.42. The van der Waals surface area contributed by atoms with E-state index in [0.717, 1.165) is 0 Å². The summed E-state index contributed by atoms with van der Waals surface area (Å²) in [4.78, 5) is 14.6. The van der Waals surface area contributed by atoms with Gasteiger partial charge in [-0.25, -0.2) is 4.98 Å². The Balaban J connectivity index is 2.75. The molecule has 0 saturated carbocycles. The minimum Gasteiger partial charge on any atom is -0.481 e. The molecule has 19 heavy (non-hydrogen) atoms. The van der Waals surface area contributed by atoms with E-state index in [9.17, 15) is 10.1 Å². The minimum absolute atomic E-state index is 0.0833. The number of ether oxygens (including phenoxy) is 1. The van der Waals surface area contributed by atoms with Gasteiger partial charge in [0.25, 0.3) is 5.69 Å². The van der Waals surface area contributed by atoms with Crippen LogP contribution in [0.25, 0.3) is 11.3 Å². The smallest absolute Gasteiger partial charge is 0.295 e. The van der Waals surface area contributed by atoms with Gasteiger partial charge in [-0.2, -0.15) is 0 Å². The van der Waals surface area contributed by atoms with Crippen LogP contribution in [0.5, 0.6) is 5.88 Å². The number of benzene rings is 1.